The quantitative estimate of drug-likeness (QED) is 0.266. The average Bonchev–Trinajstić information content (AvgIpc) is 3.18. The zero-order chi connectivity index (χ0) is 24.8. The van der Waals surface area contributed by atoms with Crippen molar-refractivity contribution >= 4 is 23.1 Å². The molecule has 34 heavy (non-hydrogen) atoms. The van der Waals surface area contributed by atoms with Crippen molar-refractivity contribution in [2.24, 2.45) is 0 Å². The highest BCUT2D eigenvalue weighted by Gasteiger charge is 2.26. The van der Waals surface area contributed by atoms with Crippen LogP contribution in [0.2, 0.25) is 0 Å². The number of nitrogens with zero attached hydrogens (tertiary/aromatic N) is 4. The van der Waals surface area contributed by atoms with Gasteiger partial charge >= 0.3 is 0 Å². The summed E-state index contributed by atoms with van der Waals surface area (Å²) in [5.74, 6) is -0.344. The molecule has 0 saturated heterocycles. The van der Waals surface area contributed by atoms with E-state index in [2.05, 4.69) is 10.4 Å². The van der Waals surface area contributed by atoms with Gasteiger partial charge in [0.15, 0.2) is 11.5 Å². The molecule has 0 fully saturated rings. The third-order valence-electron chi connectivity index (χ3n) is 4.65. The van der Waals surface area contributed by atoms with Crippen LogP contribution >= 0.6 is 0 Å². The molecular weight excluding hydrogens is 450 g/mol. The first kappa shape index (κ1) is 24.1. The standard InChI is InChI=1S/C21H21N5O8/c1-13-10-20(24(23-13)14-4-6-15(7-5-14)25(28)29)22-21(27)16-11-18(33-3)19(34-9-8-32-2)12-17(16)26(30)31/h4-7,10-12H,8-9H2,1-3H3,(H,22,27). The summed E-state index contributed by atoms with van der Waals surface area (Å²) in [7, 11) is 2.83. The fourth-order valence-electron chi connectivity index (χ4n) is 3.07. The molecule has 0 unspecified atom stereocenters. The molecule has 0 radical (unpaired) electrons. The summed E-state index contributed by atoms with van der Waals surface area (Å²) in [6.45, 7) is 2.07. The Morgan fingerprint density at radius 3 is 2.32 bits per heavy atom. The van der Waals surface area contributed by atoms with Gasteiger partial charge in [0.2, 0.25) is 0 Å². The lowest BCUT2D eigenvalue weighted by atomic mass is 10.1. The zero-order valence-electron chi connectivity index (χ0n) is 18.5. The Bertz CT molecular complexity index is 1220. The first-order chi connectivity index (χ1) is 16.2. The Hall–Kier alpha value is -4.52. The smallest absolute Gasteiger partial charge is 0.286 e. The molecule has 1 N–H and O–H groups in total. The van der Waals surface area contributed by atoms with Crippen molar-refractivity contribution in [3.05, 3.63) is 74.0 Å². The van der Waals surface area contributed by atoms with Crippen LogP contribution in [-0.4, -0.2) is 53.0 Å². The van der Waals surface area contributed by atoms with Gasteiger partial charge in [0, 0.05) is 31.4 Å². The Labute approximate surface area is 193 Å². The number of aryl methyl sites for hydroxylation is 1. The van der Waals surface area contributed by atoms with E-state index in [1.165, 1.54) is 49.2 Å². The van der Waals surface area contributed by atoms with E-state index in [0.717, 1.165) is 6.07 Å². The minimum atomic E-state index is -0.781. The molecule has 3 aromatic rings. The fraction of sp³-hybridized carbons (Fsp3) is 0.238. The SMILES string of the molecule is COCCOc1cc([N+](=O)[O-])c(C(=O)Nc2cc(C)nn2-c2ccc([N+](=O)[O-])cc2)cc1OC. The second-order valence-corrected chi connectivity index (χ2v) is 6.93. The predicted octanol–water partition coefficient (Wildman–Crippen LogP) is 3.28. The van der Waals surface area contributed by atoms with Crippen LogP contribution in [0.1, 0.15) is 16.1 Å². The third kappa shape index (κ3) is 5.27. The predicted molar refractivity (Wildman–Crippen MR) is 120 cm³/mol. The van der Waals surface area contributed by atoms with Gasteiger partial charge < -0.3 is 19.5 Å². The molecule has 0 atom stereocenters. The van der Waals surface area contributed by atoms with Gasteiger partial charge in [-0.15, -0.1) is 0 Å². The second kappa shape index (κ2) is 10.4. The lowest BCUT2D eigenvalue weighted by molar-refractivity contribution is -0.385. The summed E-state index contributed by atoms with van der Waals surface area (Å²) in [6.07, 6.45) is 0. The molecule has 3 rings (SSSR count). The van der Waals surface area contributed by atoms with Crippen LogP contribution in [0.4, 0.5) is 17.2 Å². The van der Waals surface area contributed by atoms with Crippen LogP contribution in [0.5, 0.6) is 11.5 Å². The molecule has 0 aliphatic carbocycles. The van der Waals surface area contributed by atoms with Gasteiger partial charge in [-0.05, 0) is 19.1 Å². The van der Waals surface area contributed by atoms with E-state index in [1.807, 2.05) is 0 Å². The fourth-order valence-corrected chi connectivity index (χ4v) is 3.07. The third-order valence-corrected chi connectivity index (χ3v) is 4.65. The number of methoxy groups -OCH3 is 2. The van der Waals surface area contributed by atoms with Crippen LogP contribution < -0.4 is 14.8 Å². The molecular formula is C21H21N5O8. The van der Waals surface area contributed by atoms with Crippen LogP contribution in [0.25, 0.3) is 5.69 Å². The molecule has 0 spiro atoms. The molecule has 2 aromatic carbocycles. The van der Waals surface area contributed by atoms with Crippen molar-refractivity contribution in [2.75, 3.05) is 32.8 Å². The monoisotopic (exact) mass is 471 g/mol. The van der Waals surface area contributed by atoms with Crippen molar-refractivity contribution in [2.45, 2.75) is 6.92 Å². The number of hydrogen-bond donors (Lipinski definition) is 1. The summed E-state index contributed by atoms with van der Waals surface area (Å²) in [6, 6.07) is 9.43. The molecule has 0 bridgehead atoms. The first-order valence-corrected chi connectivity index (χ1v) is 9.86. The van der Waals surface area contributed by atoms with Crippen molar-refractivity contribution < 1.29 is 28.9 Å². The van der Waals surface area contributed by atoms with Crippen LogP contribution in [-0.2, 0) is 4.74 Å². The van der Waals surface area contributed by atoms with Crippen LogP contribution in [0.15, 0.2) is 42.5 Å². The summed E-state index contributed by atoms with van der Waals surface area (Å²) in [4.78, 5) is 34.4. The van der Waals surface area contributed by atoms with E-state index in [9.17, 15) is 25.0 Å². The molecule has 1 heterocycles. The molecule has 0 aliphatic rings. The Kier molecular flexibility index (Phi) is 7.38. The maximum absolute atomic E-state index is 13.1. The molecule has 1 amide bonds. The second-order valence-electron chi connectivity index (χ2n) is 6.93. The number of nitro groups is 2. The van der Waals surface area contributed by atoms with E-state index in [-0.39, 0.29) is 41.8 Å². The number of benzene rings is 2. The number of aromatic nitrogens is 2. The molecule has 0 aliphatic heterocycles. The van der Waals surface area contributed by atoms with E-state index >= 15 is 0 Å². The van der Waals surface area contributed by atoms with Gasteiger partial charge in [-0.3, -0.25) is 25.0 Å². The van der Waals surface area contributed by atoms with E-state index in [1.54, 1.807) is 13.0 Å². The largest absolute Gasteiger partial charge is 0.493 e. The zero-order valence-corrected chi connectivity index (χ0v) is 18.5. The number of carbonyl (C=O) groups excluding carboxylic acids is 1. The van der Waals surface area contributed by atoms with Crippen LogP contribution in [0.3, 0.4) is 0 Å². The van der Waals surface area contributed by atoms with Gasteiger partial charge in [-0.1, -0.05) is 0 Å². The topological polar surface area (TPSA) is 161 Å². The average molecular weight is 471 g/mol. The summed E-state index contributed by atoms with van der Waals surface area (Å²) >= 11 is 0. The molecule has 13 heteroatoms. The van der Waals surface area contributed by atoms with Gasteiger partial charge in [-0.25, -0.2) is 4.68 Å². The number of anilines is 1. The number of nitrogens with one attached hydrogen (secondary N) is 1. The number of rotatable bonds is 10. The van der Waals surface area contributed by atoms with Crippen molar-refractivity contribution in [3.8, 4) is 17.2 Å². The Morgan fingerprint density at radius 1 is 1.03 bits per heavy atom. The van der Waals surface area contributed by atoms with Gasteiger partial charge in [0.05, 0.1) is 41.0 Å². The molecule has 13 nitrogen and oxygen atoms in total. The van der Waals surface area contributed by atoms with Gasteiger partial charge in [-0.2, -0.15) is 5.10 Å². The summed E-state index contributed by atoms with van der Waals surface area (Å²) in [5, 5.41) is 29.5. The molecule has 178 valence electrons. The molecule has 1 aromatic heterocycles. The van der Waals surface area contributed by atoms with Crippen molar-refractivity contribution in [1.29, 1.82) is 0 Å². The van der Waals surface area contributed by atoms with E-state index in [0.29, 0.717) is 11.4 Å². The number of amides is 1. The summed E-state index contributed by atoms with van der Waals surface area (Å²) < 4.78 is 17.0. The highest BCUT2D eigenvalue weighted by Crippen LogP contribution is 2.35. The highest BCUT2D eigenvalue weighted by atomic mass is 16.6. The highest BCUT2D eigenvalue weighted by molar-refractivity contribution is 6.07. The number of ether oxygens (including phenoxy) is 3. The number of carbonyl (C=O) groups is 1. The maximum atomic E-state index is 13.1. The Morgan fingerprint density at radius 2 is 1.74 bits per heavy atom. The number of nitro benzene ring substituents is 2. The lowest BCUT2D eigenvalue weighted by Crippen LogP contribution is -2.17. The van der Waals surface area contributed by atoms with Crippen molar-refractivity contribution in [1.82, 2.24) is 9.78 Å². The van der Waals surface area contributed by atoms with Crippen molar-refractivity contribution in [3.63, 3.8) is 0 Å². The van der Waals surface area contributed by atoms with Gasteiger partial charge in [0.1, 0.15) is 18.0 Å². The number of non-ortho nitro benzene ring substituents is 1. The lowest BCUT2D eigenvalue weighted by Gasteiger charge is -2.13. The number of hydrogen-bond acceptors (Lipinski definition) is 9. The summed E-state index contributed by atoms with van der Waals surface area (Å²) in [5.41, 5.74) is 0.151. The maximum Gasteiger partial charge on any atom is 0.286 e. The normalized spacial score (nSPS) is 10.6. The Balaban J connectivity index is 1.95. The minimum absolute atomic E-state index is 0.0922. The van der Waals surface area contributed by atoms with Gasteiger partial charge in [0.25, 0.3) is 17.3 Å². The van der Waals surface area contributed by atoms with E-state index in [4.69, 9.17) is 14.2 Å². The minimum Gasteiger partial charge on any atom is -0.493 e. The first-order valence-electron chi connectivity index (χ1n) is 9.86. The van der Waals surface area contributed by atoms with Crippen LogP contribution in [0, 0.1) is 27.2 Å². The molecule has 0 saturated carbocycles. The van der Waals surface area contributed by atoms with E-state index < -0.39 is 21.4 Å².